The van der Waals surface area contributed by atoms with Gasteiger partial charge in [0.15, 0.2) is 0 Å². The molecule has 1 N–H and O–H groups in total. The maximum Gasteiger partial charge on any atom is 0.253 e. The number of piperidine rings is 1. The number of nitrogens with zero attached hydrogens (tertiary/aromatic N) is 2. The van der Waals surface area contributed by atoms with Gasteiger partial charge in [-0.05, 0) is 55.7 Å². The van der Waals surface area contributed by atoms with E-state index in [9.17, 15) is 14.0 Å². The van der Waals surface area contributed by atoms with E-state index in [4.69, 9.17) is 11.6 Å². The normalized spacial score (nSPS) is 14.5. The number of rotatable bonds is 5. The highest BCUT2D eigenvalue weighted by Crippen LogP contribution is 2.25. The van der Waals surface area contributed by atoms with Gasteiger partial charge >= 0.3 is 0 Å². The zero-order valence-corrected chi connectivity index (χ0v) is 22.7. The Labute approximate surface area is 214 Å². The summed E-state index contributed by atoms with van der Waals surface area (Å²) in [5.74, 6) is -0.771. The largest absolute Gasteiger partial charge is 0.388 e. The van der Waals surface area contributed by atoms with Crippen LogP contribution >= 0.6 is 11.6 Å². The Morgan fingerprint density at radius 3 is 2.06 bits per heavy atom. The molecule has 2 aromatic rings. The van der Waals surface area contributed by atoms with E-state index < -0.39 is 5.82 Å². The van der Waals surface area contributed by atoms with Crippen LogP contribution in [0.1, 0.15) is 65.9 Å². The van der Waals surface area contributed by atoms with E-state index in [1.54, 1.807) is 33.2 Å². The van der Waals surface area contributed by atoms with Gasteiger partial charge in [-0.1, -0.05) is 37.6 Å². The summed E-state index contributed by atoms with van der Waals surface area (Å²) in [5, 5.41) is 2.97. The third kappa shape index (κ3) is 9.24. The summed E-state index contributed by atoms with van der Waals surface area (Å²) in [4.78, 5) is 28.4. The lowest BCUT2D eigenvalue weighted by Gasteiger charge is -2.36. The molecule has 0 saturated carbocycles. The molecule has 0 spiro atoms. The van der Waals surface area contributed by atoms with Gasteiger partial charge in [0.2, 0.25) is 0 Å². The van der Waals surface area contributed by atoms with Crippen LogP contribution in [0.15, 0.2) is 42.5 Å². The third-order valence-electron chi connectivity index (χ3n) is 5.64. The Balaban J connectivity index is 0.00000114. The molecule has 1 aliphatic rings. The SMILES string of the molecule is CC.CC(c1ccc(C(=O)N(C)C)cc1)N1CCC(NC(=O)c2ccc(F)c(Cl)c2)CC1.COC. The van der Waals surface area contributed by atoms with Crippen LogP contribution in [-0.4, -0.2) is 69.1 Å². The van der Waals surface area contributed by atoms with Crippen molar-refractivity contribution in [3.8, 4) is 0 Å². The number of halogens is 2. The molecule has 8 heteroatoms. The second-order valence-electron chi connectivity index (χ2n) is 8.32. The van der Waals surface area contributed by atoms with Gasteiger partial charge in [0.05, 0.1) is 5.02 Å². The van der Waals surface area contributed by atoms with Crippen LogP contribution < -0.4 is 5.32 Å². The summed E-state index contributed by atoms with van der Waals surface area (Å²) in [6.45, 7) is 7.87. The number of ether oxygens (including phenoxy) is 1. The van der Waals surface area contributed by atoms with Gasteiger partial charge in [-0.2, -0.15) is 0 Å². The molecule has 35 heavy (non-hydrogen) atoms. The van der Waals surface area contributed by atoms with Gasteiger partial charge in [-0.25, -0.2) is 4.39 Å². The lowest BCUT2D eigenvalue weighted by atomic mass is 9.99. The summed E-state index contributed by atoms with van der Waals surface area (Å²) in [5.41, 5.74) is 2.21. The topological polar surface area (TPSA) is 61.9 Å². The second-order valence-corrected chi connectivity index (χ2v) is 8.73. The maximum absolute atomic E-state index is 13.3. The smallest absolute Gasteiger partial charge is 0.253 e. The highest BCUT2D eigenvalue weighted by Gasteiger charge is 2.25. The van der Waals surface area contributed by atoms with Crippen molar-refractivity contribution < 1.29 is 18.7 Å². The molecule has 3 rings (SSSR count). The van der Waals surface area contributed by atoms with Crippen LogP contribution in [0.4, 0.5) is 4.39 Å². The van der Waals surface area contributed by atoms with Crippen LogP contribution in [0.3, 0.4) is 0 Å². The fraction of sp³-hybridized carbons (Fsp3) is 0.481. The van der Waals surface area contributed by atoms with Crippen molar-refractivity contribution in [3.63, 3.8) is 0 Å². The molecule has 0 aromatic heterocycles. The van der Waals surface area contributed by atoms with Crippen molar-refractivity contribution in [2.24, 2.45) is 0 Å². The fourth-order valence-electron chi connectivity index (χ4n) is 3.71. The molecule has 6 nitrogen and oxygen atoms in total. The minimum atomic E-state index is -0.533. The highest BCUT2D eigenvalue weighted by atomic mass is 35.5. The van der Waals surface area contributed by atoms with Gasteiger partial charge in [-0.3, -0.25) is 14.5 Å². The molecule has 0 bridgehead atoms. The quantitative estimate of drug-likeness (QED) is 0.586. The van der Waals surface area contributed by atoms with Crippen LogP contribution in [0.5, 0.6) is 0 Å². The van der Waals surface area contributed by atoms with Gasteiger partial charge in [0.1, 0.15) is 5.82 Å². The van der Waals surface area contributed by atoms with E-state index in [0.29, 0.717) is 11.1 Å². The van der Waals surface area contributed by atoms with Crippen LogP contribution in [0.2, 0.25) is 5.02 Å². The van der Waals surface area contributed by atoms with E-state index >= 15 is 0 Å². The van der Waals surface area contributed by atoms with Crippen molar-refractivity contribution in [1.82, 2.24) is 15.1 Å². The summed E-state index contributed by atoms with van der Waals surface area (Å²) in [7, 11) is 6.74. The number of amides is 2. The molecule has 1 heterocycles. The van der Waals surface area contributed by atoms with Crippen molar-refractivity contribution in [2.45, 2.75) is 45.7 Å². The van der Waals surface area contributed by atoms with Gasteiger partial charge in [0, 0.05) is 64.6 Å². The Morgan fingerprint density at radius 2 is 1.57 bits per heavy atom. The van der Waals surface area contributed by atoms with Gasteiger partial charge in [-0.15, -0.1) is 0 Å². The molecule has 1 atom stereocenters. The first-order valence-corrected chi connectivity index (χ1v) is 12.3. The number of nitrogens with one attached hydrogen (secondary N) is 1. The Kier molecular flexibility index (Phi) is 13.5. The molecule has 1 fully saturated rings. The third-order valence-corrected chi connectivity index (χ3v) is 5.93. The van der Waals surface area contributed by atoms with E-state index in [1.165, 1.54) is 18.2 Å². The van der Waals surface area contributed by atoms with Crippen molar-refractivity contribution in [2.75, 3.05) is 41.4 Å². The Hall–Kier alpha value is -2.48. The summed E-state index contributed by atoms with van der Waals surface area (Å²) < 4.78 is 17.5. The molecule has 1 unspecified atom stereocenters. The summed E-state index contributed by atoms with van der Waals surface area (Å²) >= 11 is 5.77. The number of likely N-dealkylation sites (tertiary alicyclic amines) is 1. The first kappa shape index (κ1) is 30.6. The number of carbonyl (C=O) groups is 2. The zero-order chi connectivity index (χ0) is 26.5. The van der Waals surface area contributed by atoms with Gasteiger partial charge < -0.3 is 15.0 Å². The highest BCUT2D eigenvalue weighted by molar-refractivity contribution is 6.31. The summed E-state index contributed by atoms with van der Waals surface area (Å²) in [6.07, 6.45) is 1.67. The molecule has 2 aromatic carbocycles. The van der Waals surface area contributed by atoms with E-state index in [0.717, 1.165) is 31.5 Å². The second kappa shape index (κ2) is 15.5. The average Bonchev–Trinajstić information content (AvgIpc) is 2.87. The predicted molar refractivity (Wildman–Crippen MR) is 141 cm³/mol. The first-order valence-electron chi connectivity index (χ1n) is 11.9. The first-order chi connectivity index (χ1) is 16.7. The molecule has 0 aliphatic carbocycles. The van der Waals surface area contributed by atoms with Crippen molar-refractivity contribution >= 4 is 23.4 Å². The number of hydrogen-bond acceptors (Lipinski definition) is 4. The van der Waals surface area contributed by atoms with Crippen LogP contribution in [-0.2, 0) is 4.74 Å². The Bertz CT molecular complexity index is 930. The minimum Gasteiger partial charge on any atom is -0.388 e. The molecular weight excluding hydrogens is 469 g/mol. The monoisotopic (exact) mass is 507 g/mol. The summed E-state index contributed by atoms with van der Waals surface area (Å²) in [6, 6.07) is 12.1. The van der Waals surface area contributed by atoms with E-state index in [-0.39, 0.29) is 28.9 Å². The van der Waals surface area contributed by atoms with E-state index in [1.807, 2.05) is 38.1 Å². The van der Waals surface area contributed by atoms with Crippen molar-refractivity contribution in [1.29, 1.82) is 0 Å². The predicted octanol–water partition coefficient (Wildman–Crippen LogP) is 5.43. The van der Waals surface area contributed by atoms with E-state index in [2.05, 4.69) is 21.9 Å². The van der Waals surface area contributed by atoms with Crippen molar-refractivity contribution in [3.05, 3.63) is 70.0 Å². The molecular formula is C27H39ClFN3O3. The fourth-order valence-corrected chi connectivity index (χ4v) is 3.89. The minimum absolute atomic E-state index is 0.00630. The molecule has 2 amide bonds. The number of benzene rings is 2. The average molecular weight is 508 g/mol. The Morgan fingerprint density at radius 1 is 1.06 bits per heavy atom. The standard InChI is InChI=1S/C23H27ClFN3O2.C2H6O.C2H6/c1-15(16-4-6-17(7-5-16)23(30)27(2)3)28-12-10-19(11-13-28)26-22(29)18-8-9-21(25)20(24)14-18;1-3-2;1-2/h4-9,14-15,19H,10-13H2,1-3H3,(H,26,29);1-2H3;1-2H3. The number of hydrogen-bond donors (Lipinski definition) is 1. The van der Waals surface area contributed by atoms with Crippen LogP contribution in [0, 0.1) is 5.82 Å². The lowest BCUT2D eigenvalue weighted by Crippen LogP contribution is -2.45. The van der Waals surface area contributed by atoms with Crippen LogP contribution in [0.25, 0.3) is 0 Å². The zero-order valence-electron chi connectivity index (χ0n) is 21.9. The molecule has 1 saturated heterocycles. The molecule has 0 radical (unpaired) electrons. The maximum atomic E-state index is 13.3. The van der Waals surface area contributed by atoms with Gasteiger partial charge in [0.25, 0.3) is 11.8 Å². The lowest BCUT2D eigenvalue weighted by molar-refractivity contribution is 0.0826. The molecule has 1 aliphatic heterocycles. The molecule has 194 valence electrons. The number of carbonyl (C=O) groups excluding carboxylic acids is 2. The number of methoxy groups -OCH3 is 1.